The molecule has 2 aliphatic rings. The Morgan fingerprint density at radius 3 is 2.33 bits per heavy atom. The number of nitrogens with zero attached hydrogens (tertiary/aromatic N) is 2. The van der Waals surface area contributed by atoms with E-state index in [2.05, 4.69) is 29.0 Å². The van der Waals surface area contributed by atoms with Crippen molar-refractivity contribution in [3.05, 3.63) is 0 Å². The summed E-state index contributed by atoms with van der Waals surface area (Å²) in [7, 11) is 0. The van der Waals surface area contributed by atoms with E-state index in [9.17, 15) is 5.11 Å². The van der Waals surface area contributed by atoms with Gasteiger partial charge in [0.05, 0.1) is 6.61 Å². The number of rotatable bonds is 8. The summed E-state index contributed by atoms with van der Waals surface area (Å²) in [5.41, 5.74) is 0.0127. The minimum absolute atomic E-state index is 0.0127. The largest absolute Gasteiger partial charge is 0.394 e. The Kier molecular flexibility index (Phi) is 6.93. The number of hydrogen-bond acceptors (Lipinski definition) is 4. The van der Waals surface area contributed by atoms with Crippen LogP contribution in [-0.4, -0.2) is 72.9 Å². The van der Waals surface area contributed by atoms with Crippen molar-refractivity contribution in [1.29, 1.82) is 0 Å². The zero-order chi connectivity index (χ0) is 15.1. The maximum atomic E-state index is 9.87. The summed E-state index contributed by atoms with van der Waals surface area (Å²) in [6.45, 7) is 13.1. The van der Waals surface area contributed by atoms with Crippen molar-refractivity contribution in [3.8, 4) is 0 Å². The van der Waals surface area contributed by atoms with E-state index in [0.29, 0.717) is 12.5 Å². The molecule has 0 radical (unpaired) electrons. The molecule has 21 heavy (non-hydrogen) atoms. The molecule has 1 aliphatic carbocycles. The van der Waals surface area contributed by atoms with Crippen molar-refractivity contribution in [2.45, 2.75) is 51.5 Å². The monoisotopic (exact) mass is 297 g/mol. The molecule has 1 saturated carbocycles. The van der Waals surface area contributed by atoms with E-state index >= 15 is 0 Å². The lowest BCUT2D eigenvalue weighted by Crippen LogP contribution is -2.52. The van der Waals surface area contributed by atoms with E-state index in [0.717, 1.165) is 13.0 Å². The molecule has 1 saturated heterocycles. The number of aliphatic hydroxyl groups excluding tert-OH is 1. The molecule has 1 heterocycles. The smallest absolute Gasteiger partial charge is 0.0616 e. The van der Waals surface area contributed by atoms with Crippen LogP contribution in [0, 0.1) is 5.92 Å². The number of piperazine rings is 1. The quantitative estimate of drug-likeness (QED) is 0.713. The molecule has 2 N–H and O–H groups in total. The standard InChI is InChI=1S/C17H35N3O/c1-3-9-19-11-13-20(14-12-19)10-7-16-6-5-8-17(16,15-21)18-4-2/h16,18,21H,3-15H2,1-2H3. The van der Waals surface area contributed by atoms with E-state index in [1.807, 2.05) is 0 Å². The Bertz CT molecular complexity index is 292. The molecule has 0 amide bonds. The average Bonchev–Trinajstić information content (AvgIpc) is 2.90. The highest BCUT2D eigenvalue weighted by Gasteiger charge is 2.41. The molecule has 0 aromatic heterocycles. The van der Waals surface area contributed by atoms with Crippen LogP contribution in [-0.2, 0) is 0 Å². The second-order valence-corrected chi connectivity index (χ2v) is 6.91. The fraction of sp³-hybridized carbons (Fsp3) is 1.00. The van der Waals surface area contributed by atoms with Crippen molar-refractivity contribution in [2.24, 2.45) is 5.92 Å². The van der Waals surface area contributed by atoms with E-state index in [1.165, 1.54) is 65.0 Å². The lowest BCUT2D eigenvalue weighted by molar-refractivity contribution is 0.0958. The first-order chi connectivity index (χ1) is 10.2. The van der Waals surface area contributed by atoms with Gasteiger partial charge in [-0.1, -0.05) is 20.3 Å². The SMILES string of the molecule is CCCN1CCN(CCC2CCCC2(CO)NCC)CC1. The Hall–Kier alpha value is -0.160. The van der Waals surface area contributed by atoms with Crippen LogP contribution < -0.4 is 5.32 Å². The first-order valence-electron chi connectivity index (χ1n) is 9.04. The zero-order valence-electron chi connectivity index (χ0n) is 14.1. The third-order valence-electron chi connectivity index (χ3n) is 5.57. The summed E-state index contributed by atoms with van der Waals surface area (Å²) in [6, 6.07) is 0. The van der Waals surface area contributed by atoms with Crippen LogP contribution in [0.15, 0.2) is 0 Å². The van der Waals surface area contributed by atoms with Gasteiger partial charge in [0, 0.05) is 31.7 Å². The highest BCUT2D eigenvalue weighted by Crippen LogP contribution is 2.37. The minimum Gasteiger partial charge on any atom is -0.394 e. The second kappa shape index (κ2) is 8.47. The molecule has 1 aliphatic heterocycles. The van der Waals surface area contributed by atoms with Gasteiger partial charge in [0.25, 0.3) is 0 Å². The lowest BCUT2D eigenvalue weighted by Gasteiger charge is -2.38. The predicted molar refractivity (Wildman–Crippen MR) is 88.6 cm³/mol. The van der Waals surface area contributed by atoms with Crippen molar-refractivity contribution < 1.29 is 5.11 Å². The summed E-state index contributed by atoms with van der Waals surface area (Å²) in [5.74, 6) is 0.649. The van der Waals surface area contributed by atoms with Gasteiger partial charge in [-0.15, -0.1) is 0 Å². The van der Waals surface area contributed by atoms with E-state index in [-0.39, 0.29) is 5.54 Å². The fourth-order valence-corrected chi connectivity index (χ4v) is 4.30. The highest BCUT2D eigenvalue weighted by molar-refractivity contribution is 4.99. The molecule has 0 spiro atoms. The van der Waals surface area contributed by atoms with Crippen LogP contribution in [0.25, 0.3) is 0 Å². The van der Waals surface area contributed by atoms with Crippen LogP contribution in [0.2, 0.25) is 0 Å². The maximum absolute atomic E-state index is 9.87. The molecule has 0 aromatic rings. The number of nitrogens with one attached hydrogen (secondary N) is 1. The molecule has 4 nitrogen and oxygen atoms in total. The van der Waals surface area contributed by atoms with Gasteiger partial charge in [0.2, 0.25) is 0 Å². The van der Waals surface area contributed by atoms with Gasteiger partial charge in [-0.2, -0.15) is 0 Å². The van der Waals surface area contributed by atoms with Gasteiger partial charge >= 0.3 is 0 Å². The van der Waals surface area contributed by atoms with Gasteiger partial charge < -0.3 is 20.2 Å². The lowest BCUT2D eigenvalue weighted by atomic mass is 9.85. The molecule has 2 unspecified atom stereocenters. The Morgan fingerprint density at radius 2 is 1.76 bits per heavy atom. The molecular formula is C17H35N3O. The van der Waals surface area contributed by atoms with Gasteiger partial charge in [0.15, 0.2) is 0 Å². The normalized spacial score (nSPS) is 31.9. The Labute approximate surface area is 130 Å². The molecule has 2 rings (SSSR count). The fourth-order valence-electron chi connectivity index (χ4n) is 4.30. The van der Waals surface area contributed by atoms with E-state index in [1.54, 1.807) is 0 Å². The topological polar surface area (TPSA) is 38.7 Å². The molecule has 2 fully saturated rings. The summed E-state index contributed by atoms with van der Waals surface area (Å²) < 4.78 is 0. The molecule has 4 heteroatoms. The number of likely N-dealkylation sites (N-methyl/N-ethyl adjacent to an activating group) is 1. The van der Waals surface area contributed by atoms with E-state index < -0.39 is 0 Å². The van der Waals surface area contributed by atoms with Crippen LogP contribution in [0.4, 0.5) is 0 Å². The van der Waals surface area contributed by atoms with Crippen LogP contribution in [0.1, 0.15) is 46.0 Å². The van der Waals surface area contributed by atoms with Crippen LogP contribution >= 0.6 is 0 Å². The van der Waals surface area contributed by atoms with Crippen LogP contribution in [0.3, 0.4) is 0 Å². The summed E-state index contributed by atoms with van der Waals surface area (Å²) in [6.07, 6.45) is 6.20. The van der Waals surface area contributed by atoms with Gasteiger partial charge in [-0.3, -0.25) is 0 Å². The summed E-state index contributed by atoms with van der Waals surface area (Å²) >= 11 is 0. The van der Waals surface area contributed by atoms with Gasteiger partial charge in [-0.25, -0.2) is 0 Å². The summed E-state index contributed by atoms with van der Waals surface area (Å²) in [5, 5.41) is 13.5. The Balaban J connectivity index is 1.75. The number of aliphatic hydroxyl groups is 1. The van der Waals surface area contributed by atoms with Crippen molar-refractivity contribution >= 4 is 0 Å². The first-order valence-corrected chi connectivity index (χ1v) is 9.04. The molecular weight excluding hydrogens is 262 g/mol. The molecule has 0 bridgehead atoms. The van der Waals surface area contributed by atoms with Gasteiger partial charge in [0.1, 0.15) is 0 Å². The Morgan fingerprint density at radius 1 is 1.10 bits per heavy atom. The molecule has 0 aromatic carbocycles. The van der Waals surface area contributed by atoms with Gasteiger partial charge in [-0.05, 0) is 51.2 Å². The third kappa shape index (κ3) is 4.41. The summed E-state index contributed by atoms with van der Waals surface area (Å²) in [4.78, 5) is 5.21. The first kappa shape index (κ1) is 17.2. The predicted octanol–water partition coefficient (Wildman–Crippen LogP) is 1.54. The highest BCUT2D eigenvalue weighted by atomic mass is 16.3. The number of hydrogen-bond donors (Lipinski definition) is 2. The van der Waals surface area contributed by atoms with Crippen LogP contribution in [0.5, 0.6) is 0 Å². The van der Waals surface area contributed by atoms with E-state index in [4.69, 9.17) is 0 Å². The average molecular weight is 297 g/mol. The van der Waals surface area contributed by atoms with Crippen molar-refractivity contribution in [1.82, 2.24) is 15.1 Å². The maximum Gasteiger partial charge on any atom is 0.0616 e. The second-order valence-electron chi connectivity index (χ2n) is 6.91. The van der Waals surface area contributed by atoms with Crippen molar-refractivity contribution in [2.75, 3.05) is 52.4 Å². The molecule has 124 valence electrons. The molecule has 2 atom stereocenters. The third-order valence-corrected chi connectivity index (χ3v) is 5.57. The minimum atomic E-state index is 0.0127. The van der Waals surface area contributed by atoms with Crippen molar-refractivity contribution in [3.63, 3.8) is 0 Å². The zero-order valence-corrected chi connectivity index (χ0v) is 14.1.